The molecule has 0 saturated carbocycles. The molecule has 174 valence electrons. The van der Waals surface area contributed by atoms with Gasteiger partial charge in [0.15, 0.2) is 18.5 Å². The van der Waals surface area contributed by atoms with Crippen LogP contribution in [0.1, 0.15) is 25.0 Å². The van der Waals surface area contributed by atoms with E-state index >= 15 is 0 Å². The fraction of sp³-hybridized carbons (Fsp3) is 0.455. The normalized spacial score (nSPS) is 31.2. The second kappa shape index (κ2) is 9.68. The molecular formula is C22H26N6O5. The number of nitrogens with one attached hydrogen (secondary N) is 1. The maximum absolute atomic E-state index is 12.3. The highest BCUT2D eigenvalue weighted by atomic mass is 16.6. The molecule has 1 saturated heterocycles. The van der Waals surface area contributed by atoms with Crippen LogP contribution in [0.5, 0.6) is 0 Å². The minimum atomic E-state index is -1.42. The Morgan fingerprint density at radius 1 is 1.30 bits per heavy atom. The summed E-state index contributed by atoms with van der Waals surface area (Å²) < 4.78 is 5.70. The van der Waals surface area contributed by atoms with Crippen LogP contribution >= 0.6 is 0 Å². The number of hydrogen-bond donors (Lipinski definition) is 5. The third-order valence-corrected chi connectivity index (χ3v) is 5.52. The van der Waals surface area contributed by atoms with E-state index < -0.39 is 48.8 Å². The first kappa shape index (κ1) is 22.9. The van der Waals surface area contributed by atoms with Gasteiger partial charge >= 0.3 is 0 Å². The number of fused-ring (bicyclic) bond motifs is 1. The Morgan fingerprint density at radius 3 is 2.79 bits per heavy atom. The summed E-state index contributed by atoms with van der Waals surface area (Å²) in [5.41, 5.74) is 6.69. The highest BCUT2D eigenvalue weighted by molar-refractivity contribution is 6.10. The zero-order valence-electron chi connectivity index (χ0n) is 17.9. The van der Waals surface area contributed by atoms with Crippen LogP contribution in [-0.2, 0) is 9.53 Å². The lowest BCUT2D eigenvalue weighted by Crippen LogP contribution is -2.52. The average molecular weight is 454 g/mol. The minimum absolute atomic E-state index is 0.0875. The Bertz CT molecular complexity index is 1030. The third kappa shape index (κ3) is 4.60. The highest BCUT2D eigenvalue weighted by Crippen LogP contribution is 2.30. The van der Waals surface area contributed by atoms with E-state index in [-0.39, 0.29) is 11.7 Å². The number of carbonyl (C=O) groups is 1. The molecule has 2 unspecified atom stereocenters. The Balaban J connectivity index is 1.51. The first-order valence-electron chi connectivity index (χ1n) is 10.7. The van der Waals surface area contributed by atoms with Crippen LogP contribution in [0.4, 0.5) is 0 Å². The van der Waals surface area contributed by atoms with Gasteiger partial charge in [0.1, 0.15) is 30.2 Å². The van der Waals surface area contributed by atoms with E-state index in [1.54, 1.807) is 24.3 Å². The van der Waals surface area contributed by atoms with Crippen molar-refractivity contribution in [3.63, 3.8) is 0 Å². The molecule has 0 aromatic heterocycles. The van der Waals surface area contributed by atoms with E-state index in [2.05, 4.69) is 32.1 Å². The summed E-state index contributed by atoms with van der Waals surface area (Å²) in [5.74, 6) is 5.16. The molecule has 0 bridgehead atoms. The Kier molecular flexibility index (Phi) is 6.71. The number of ether oxygens (including phenoxy) is 1. The van der Waals surface area contributed by atoms with E-state index in [9.17, 15) is 20.1 Å². The van der Waals surface area contributed by atoms with Crippen molar-refractivity contribution in [2.24, 2.45) is 20.7 Å². The first-order valence-corrected chi connectivity index (χ1v) is 10.7. The zero-order valence-corrected chi connectivity index (χ0v) is 17.9. The Hall–Kier alpha value is -3.30. The van der Waals surface area contributed by atoms with Crippen molar-refractivity contribution in [3.8, 4) is 11.8 Å². The number of aliphatic hydroxyl groups is 3. The van der Waals surface area contributed by atoms with Gasteiger partial charge in [-0.1, -0.05) is 43.2 Å². The molecule has 11 heteroatoms. The van der Waals surface area contributed by atoms with E-state index in [0.29, 0.717) is 12.1 Å². The van der Waals surface area contributed by atoms with Gasteiger partial charge < -0.3 is 36.0 Å². The van der Waals surface area contributed by atoms with Crippen molar-refractivity contribution in [1.29, 1.82) is 0 Å². The quantitative estimate of drug-likeness (QED) is 0.338. The third-order valence-electron chi connectivity index (χ3n) is 5.52. The lowest BCUT2D eigenvalue weighted by molar-refractivity contribution is -0.139. The summed E-state index contributed by atoms with van der Waals surface area (Å²) in [7, 11) is 0. The second-order valence-corrected chi connectivity index (χ2v) is 7.86. The molecule has 1 aromatic rings. The van der Waals surface area contributed by atoms with Crippen molar-refractivity contribution in [3.05, 3.63) is 35.9 Å². The molecule has 11 nitrogen and oxygen atoms in total. The van der Waals surface area contributed by atoms with Crippen molar-refractivity contribution < 1.29 is 24.9 Å². The summed E-state index contributed by atoms with van der Waals surface area (Å²) in [4.78, 5) is 26.7. The fourth-order valence-electron chi connectivity index (χ4n) is 3.77. The van der Waals surface area contributed by atoms with Crippen LogP contribution in [0.3, 0.4) is 0 Å². The topological polar surface area (TPSA) is 165 Å². The number of amides is 1. The van der Waals surface area contributed by atoms with Crippen LogP contribution < -0.4 is 11.1 Å². The van der Waals surface area contributed by atoms with Gasteiger partial charge in [-0.3, -0.25) is 9.79 Å². The van der Waals surface area contributed by atoms with E-state index in [1.807, 2.05) is 13.0 Å². The number of hydrogen-bond acceptors (Lipinski definition) is 10. The molecule has 33 heavy (non-hydrogen) atoms. The summed E-state index contributed by atoms with van der Waals surface area (Å²) in [6.07, 6.45) is -4.74. The predicted octanol–water partition coefficient (Wildman–Crippen LogP) is -1.50. The van der Waals surface area contributed by atoms with Gasteiger partial charge in [0, 0.05) is 6.54 Å². The van der Waals surface area contributed by atoms with Crippen LogP contribution in [0.15, 0.2) is 45.3 Å². The van der Waals surface area contributed by atoms with Crippen molar-refractivity contribution in [1.82, 2.24) is 10.2 Å². The van der Waals surface area contributed by atoms with Crippen molar-refractivity contribution >= 4 is 23.9 Å². The maximum Gasteiger partial charge on any atom is 0.252 e. The molecule has 0 aliphatic carbocycles. The molecule has 3 aliphatic heterocycles. The van der Waals surface area contributed by atoms with Gasteiger partial charge in [-0.2, -0.15) is 0 Å². The first-order chi connectivity index (χ1) is 15.9. The number of amidine groups is 2. The lowest BCUT2D eigenvalue weighted by Gasteiger charge is -2.32. The van der Waals surface area contributed by atoms with Gasteiger partial charge in [0.2, 0.25) is 5.84 Å². The van der Waals surface area contributed by atoms with Gasteiger partial charge in [-0.25, -0.2) is 9.98 Å². The number of aliphatic hydroxyl groups excluding tert-OH is 3. The number of rotatable bonds is 5. The molecule has 0 radical (unpaired) electrons. The molecule has 6 N–H and O–H groups in total. The second-order valence-electron chi connectivity index (χ2n) is 7.86. The van der Waals surface area contributed by atoms with Gasteiger partial charge in [-0.05, 0) is 17.9 Å². The molecule has 0 spiro atoms. The average Bonchev–Trinajstić information content (AvgIpc) is 3.37. The predicted molar refractivity (Wildman–Crippen MR) is 120 cm³/mol. The Morgan fingerprint density at radius 2 is 2.06 bits per heavy atom. The van der Waals surface area contributed by atoms with E-state index in [0.717, 1.165) is 6.42 Å². The molecule has 1 amide bonds. The summed E-state index contributed by atoms with van der Waals surface area (Å²) in [6, 6.07) is 8.30. The van der Waals surface area contributed by atoms with Gasteiger partial charge in [0.05, 0.1) is 6.34 Å². The number of aliphatic imine (C=N–C) groups is 3. The zero-order chi connectivity index (χ0) is 23.5. The standard InChI is InChI=1S/C22H26N6O5/c1-2-10-24-21(32)18-16(30)17(31)22(33-18)28-11-25-15-19(23)26-14(27-20(15)28)9-8-13(29)12-6-4-3-5-7-12/h3-7,11,13,15-18,20,22,29-31H,2,10H2,1H3,(H,24,32)(H2,23,26,27)/t13-,15?,16+,17-,18+,20?,22-/m1/s1. The summed E-state index contributed by atoms with van der Waals surface area (Å²) >= 11 is 0. The monoisotopic (exact) mass is 454 g/mol. The van der Waals surface area contributed by atoms with E-state index in [1.165, 1.54) is 11.2 Å². The molecule has 1 fully saturated rings. The van der Waals surface area contributed by atoms with Gasteiger partial charge in [0.25, 0.3) is 5.91 Å². The van der Waals surface area contributed by atoms with Crippen molar-refractivity contribution in [2.75, 3.05) is 6.54 Å². The largest absolute Gasteiger partial charge is 0.387 e. The molecule has 3 heterocycles. The van der Waals surface area contributed by atoms with Crippen LogP contribution in [0.2, 0.25) is 0 Å². The van der Waals surface area contributed by atoms with Crippen LogP contribution in [-0.4, -0.2) is 87.4 Å². The number of benzene rings is 1. The highest BCUT2D eigenvalue weighted by Gasteiger charge is 2.52. The van der Waals surface area contributed by atoms with Crippen molar-refractivity contribution in [2.45, 2.75) is 56.2 Å². The molecule has 4 rings (SSSR count). The fourth-order valence-corrected chi connectivity index (χ4v) is 3.77. The van der Waals surface area contributed by atoms with E-state index in [4.69, 9.17) is 10.5 Å². The van der Waals surface area contributed by atoms with Crippen LogP contribution in [0.25, 0.3) is 0 Å². The lowest BCUT2D eigenvalue weighted by atomic mass is 10.1. The number of nitrogens with zero attached hydrogens (tertiary/aromatic N) is 4. The molecular weight excluding hydrogens is 428 g/mol. The SMILES string of the molecule is CCCNC(=O)[C@H]1O[C@@H](N2C=NC3C(N)=NC(C#C[C@@H](O)c4ccccc4)=NC32)[C@H](O)[C@@H]1O. The number of nitrogens with two attached hydrogens (primary N) is 1. The maximum atomic E-state index is 12.3. The minimum Gasteiger partial charge on any atom is -0.387 e. The van der Waals surface area contributed by atoms with Crippen LogP contribution in [0, 0.1) is 11.8 Å². The summed E-state index contributed by atoms with van der Waals surface area (Å²) in [5, 5.41) is 33.9. The Labute approximate surface area is 190 Å². The summed E-state index contributed by atoms with van der Waals surface area (Å²) in [6.45, 7) is 2.33. The molecule has 3 aliphatic rings. The smallest absolute Gasteiger partial charge is 0.252 e. The molecule has 1 aromatic carbocycles. The number of carbonyl (C=O) groups excluding carboxylic acids is 1. The van der Waals surface area contributed by atoms with Gasteiger partial charge in [-0.15, -0.1) is 0 Å². The molecule has 7 atom stereocenters.